The number of ether oxygens (including phenoxy) is 1. The van der Waals surface area contributed by atoms with Gasteiger partial charge >= 0.3 is 0 Å². The fraction of sp³-hybridized carbons (Fsp3) is 0.409. The summed E-state index contributed by atoms with van der Waals surface area (Å²) in [6.07, 6.45) is -1.99. The molecule has 0 saturated heterocycles. The van der Waals surface area contributed by atoms with Gasteiger partial charge in [-0.2, -0.15) is 0 Å². The molecule has 2 rings (SSSR count). The lowest BCUT2D eigenvalue weighted by Crippen LogP contribution is -2.57. The number of aliphatic hydroxyl groups excluding tert-OH is 4. The normalized spacial score (nSPS) is 16.8. The average Bonchev–Trinajstić information content (AvgIpc) is 2.75. The second-order valence-corrected chi connectivity index (χ2v) is 7.48. The zero-order valence-corrected chi connectivity index (χ0v) is 17.3. The highest BCUT2D eigenvalue weighted by atomic mass is 16.5. The molecule has 0 radical (unpaired) electrons. The molecule has 5 N–H and O–H groups in total. The minimum absolute atomic E-state index is 0.122. The van der Waals surface area contributed by atoms with Crippen LogP contribution in [0, 0.1) is 0 Å². The lowest BCUT2D eigenvalue weighted by atomic mass is 9.89. The van der Waals surface area contributed by atoms with Crippen LogP contribution < -0.4 is 4.74 Å². The number of carbonyl (C=O) groups is 1. The maximum absolute atomic E-state index is 12.5. The smallest absolute Gasteiger partial charge is 0.187 e. The van der Waals surface area contributed by atoms with Crippen molar-refractivity contribution in [3.63, 3.8) is 0 Å². The molecule has 30 heavy (non-hydrogen) atoms. The zero-order valence-electron chi connectivity index (χ0n) is 17.3. The van der Waals surface area contributed by atoms with Crippen LogP contribution >= 0.6 is 0 Å². The highest BCUT2D eigenvalue weighted by Crippen LogP contribution is 2.22. The second kappa shape index (κ2) is 10.0. The van der Waals surface area contributed by atoms with Crippen molar-refractivity contribution in [1.82, 2.24) is 4.90 Å². The van der Waals surface area contributed by atoms with Crippen LogP contribution in [-0.2, 0) is 0 Å². The molecule has 8 heteroatoms. The third-order valence-corrected chi connectivity index (χ3v) is 5.10. The maximum atomic E-state index is 12.5. The highest BCUT2D eigenvalue weighted by Gasteiger charge is 2.41. The molecule has 2 aromatic carbocycles. The summed E-state index contributed by atoms with van der Waals surface area (Å²) < 4.78 is 5.19. The van der Waals surface area contributed by atoms with Gasteiger partial charge in [-0.25, -0.2) is 0 Å². The molecule has 0 fully saturated rings. The van der Waals surface area contributed by atoms with Gasteiger partial charge in [0.2, 0.25) is 0 Å². The van der Waals surface area contributed by atoms with Crippen molar-refractivity contribution >= 4 is 16.6 Å². The van der Waals surface area contributed by atoms with Crippen molar-refractivity contribution in [3.8, 4) is 5.75 Å². The molecule has 0 spiro atoms. The number of benzene rings is 2. The minimum atomic E-state index is -2.06. The van der Waals surface area contributed by atoms with Crippen LogP contribution in [0.2, 0.25) is 0 Å². The Morgan fingerprint density at radius 1 is 1.17 bits per heavy atom. The number of methoxy groups -OCH3 is 1. The van der Waals surface area contributed by atoms with Gasteiger partial charge in [-0.15, -0.1) is 0 Å². The second-order valence-electron chi connectivity index (χ2n) is 7.48. The van der Waals surface area contributed by atoms with Gasteiger partial charge in [-0.1, -0.05) is 18.2 Å². The van der Waals surface area contributed by atoms with E-state index in [9.17, 15) is 25.2 Å². The van der Waals surface area contributed by atoms with Gasteiger partial charge in [-0.05, 0) is 35.9 Å². The molecule has 4 atom stereocenters. The number of ketones is 1. The SMILES string of the molecule is COc1ccc2cc(C(=O)/C=C/N(C)CC(O)C(C)(O)C(O)C(O)CO)ccc2c1. The van der Waals surface area contributed by atoms with Crippen LogP contribution in [0.4, 0.5) is 0 Å². The quantitative estimate of drug-likeness (QED) is 0.275. The predicted molar refractivity (Wildman–Crippen MR) is 112 cm³/mol. The molecule has 0 aliphatic heterocycles. The van der Waals surface area contributed by atoms with Crippen molar-refractivity contribution in [1.29, 1.82) is 0 Å². The monoisotopic (exact) mass is 419 g/mol. The first-order valence-corrected chi connectivity index (χ1v) is 9.48. The summed E-state index contributed by atoms with van der Waals surface area (Å²) in [7, 11) is 3.18. The number of hydrogen-bond donors (Lipinski definition) is 5. The fourth-order valence-electron chi connectivity index (χ4n) is 3.00. The van der Waals surface area contributed by atoms with E-state index in [1.165, 1.54) is 17.2 Å². The molecule has 0 aliphatic carbocycles. The van der Waals surface area contributed by atoms with E-state index in [2.05, 4.69) is 0 Å². The third kappa shape index (κ3) is 5.56. The van der Waals surface area contributed by atoms with Gasteiger partial charge in [0.25, 0.3) is 0 Å². The Morgan fingerprint density at radius 2 is 1.80 bits per heavy atom. The van der Waals surface area contributed by atoms with Crippen molar-refractivity contribution in [2.45, 2.75) is 30.8 Å². The van der Waals surface area contributed by atoms with Crippen molar-refractivity contribution < 1.29 is 35.1 Å². The summed E-state index contributed by atoms with van der Waals surface area (Å²) in [6.45, 7) is 0.282. The standard InChI is InChI=1S/C22H29NO7/c1-22(29,21(28)19(26)13-24)20(27)12-23(2)9-8-18(25)16-5-4-15-11-17(30-3)7-6-14(15)10-16/h4-11,19-21,24,26-29H,12-13H2,1-3H3/b9-8+. The summed E-state index contributed by atoms with van der Waals surface area (Å²) >= 11 is 0. The number of fused-ring (bicyclic) bond motifs is 1. The van der Waals surface area contributed by atoms with E-state index in [1.807, 2.05) is 24.3 Å². The third-order valence-electron chi connectivity index (χ3n) is 5.10. The fourth-order valence-corrected chi connectivity index (χ4v) is 3.00. The van der Waals surface area contributed by atoms with Gasteiger partial charge in [0, 0.05) is 31.4 Å². The Labute approximate surface area is 175 Å². The maximum Gasteiger partial charge on any atom is 0.187 e. The van der Waals surface area contributed by atoms with E-state index in [0.29, 0.717) is 5.56 Å². The number of nitrogens with zero attached hydrogens (tertiary/aromatic N) is 1. The minimum Gasteiger partial charge on any atom is -0.497 e. The summed E-state index contributed by atoms with van der Waals surface area (Å²) in [5.74, 6) is 0.491. The van der Waals surface area contributed by atoms with E-state index < -0.39 is 30.5 Å². The van der Waals surface area contributed by atoms with E-state index in [0.717, 1.165) is 23.4 Å². The predicted octanol–water partition coefficient (Wildman–Crippen LogP) is 0.303. The Kier molecular flexibility index (Phi) is 7.94. The van der Waals surface area contributed by atoms with Gasteiger partial charge in [0.15, 0.2) is 5.78 Å². The molecular weight excluding hydrogens is 390 g/mol. The van der Waals surface area contributed by atoms with Gasteiger partial charge in [-0.3, -0.25) is 4.79 Å². The van der Waals surface area contributed by atoms with Gasteiger partial charge in [0.05, 0.1) is 13.7 Å². The first-order valence-electron chi connectivity index (χ1n) is 9.48. The Balaban J connectivity index is 2.04. The lowest BCUT2D eigenvalue weighted by Gasteiger charge is -2.37. The molecule has 8 nitrogen and oxygen atoms in total. The number of aliphatic hydroxyl groups is 5. The summed E-state index contributed by atoms with van der Waals surface area (Å²) in [6, 6.07) is 10.9. The van der Waals surface area contributed by atoms with Crippen LogP contribution in [0.5, 0.6) is 5.75 Å². The number of rotatable bonds is 10. The number of likely N-dealkylation sites (N-methyl/N-ethyl adjacent to an activating group) is 1. The van der Waals surface area contributed by atoms with E-state index in [1.54, 1.807) is 26.3 Å². The van der Waals surface area contributed by atoms with Crippen LogP contribution in [0.1, 0.15) is 17.3 Å². The molecular formula is C22H29NO7. The van der Waals surface area contributed by atoms with E-state index in [4.69, 9.17) is 9.84 Å². The molecule has 0 saturated carbocycles. The van der Waals surface area contributed by atoms with Crippen molar-refractivity contribution in [2.24, 2.45) is 0 Å². The molecule has 0 heterocycles. The van der Waals surface area contributed by atoms with Crippen LogP contribution in [-0.4, -0.2) is 87.4 Å². The van der Waals surface area contributed by atoms with Crippen molar-refractivity contribution in [3.05, 3.63) is 54.2 Å². The highest BCUT2D eigenvalue weighted by molar-refractivity contribution is 6.06. The van der Waals surface area contributed by atoms with E-state index in [-0.39, 0.29) is 12.3 Å². The molecule has 2 aromatic rings. The molecule has 0 bridgehead atoms. The first kappa shape index (κ1) is 23.8. The van der Waals surface area contributed by atoms with E-state index >= 15 is 0 Å². The topological polar surface area (TPSA) is 131 Å². The van der Waals surface area contributed by atoms with Gasteiger partial charge in [0.1, 0.15) is 29.7 Å². The largest absolute Gasteiger partial charge is 0.497 e. The summed E-state index contributed by atoms with van der Waals surface area (Å²) in [5.41, 5.74) is -1.57. The molecule has 0 amide bonds. The lowest BCUT2D eigenvalue weighted by molar-refractivity contribution is -0.174. The van der Waals surface area contributed by atoms with Gasteiger partial charge < -0.3 is 35.2 Å². The first-order chi connectivity index (χ1) is 14.1. The molecule has 0 aliphatic rings. The summed E-state index contributed by atoms with van der Waals surface area (Å²) in [4.78, 5) is 14.0. The zero-order chi connectivity index (χ0) is 22.5. The number of allylic oxidation sites excluding steroid dienone is 1. The Morgan fingerprint density at radius 3 is 2.43 bits per heavy atom. The molecule has 164 valence electrons. The average molecular weight is 419 g/mol. The Bertz CT molecular complexity index is 896. The van der Waals surface area contributed by atoms with Crippen molar-refractivity contribution in [2.75, 3.05) is 27.3 Å². The molecule has 0 aromatic heterocycles. The van der Waals surface area contributed by atoms with Crippen LogP contribution in [0.3, 0.4) is 0 Å². The molecule has 4 unspecified atom stereocenters. The summed E-state index contributed by atoms with van der Waals surface area (Å²) in [5, 5.41) is 50.7. The number of carbonyl (C=O) groups excluding carboxylic acids is 1. The van der Waals surface area contributed by atoms with Crippen LogP contribution in [0.15, 0.2) is 48.7 Å². The number of hydrogen-bond acceptors (Lipinski definition) is 8. The Hall–Kier alpha value is -2.49. The van der Waals surface area contributed by atoms with Crippen LogP contribution in [0.25, 0.3) is 10.8 Å².